The lowest BCUT2D eigenvalue weighted by atomic mass is 10.0. The Balaban J connectivity index is 2.10. The van der Waals surface area contributed by atoms with E-state index in [1.165, 1.54) is 7.11 Å². The lowest BCUT2D eigenvalue weighted by molar-refractivity contribution is 0.210. The molecule has 0 atom stereocenters. The first-order chi connectivity index (χ1) is 10.2. The normalized spacial score (nSPS) is 11.3. The highest BCUT2D eigenvalue weighted by Gasteiger charge is 2.08. The molecule has 2 rings (SSSR count). The number of nitrogens with two attached hydrogens (primary N) is 1. The highest BCUT2D eigenvalue weighted by atomic mass is 16.6. The van der Waals surface area contributed by atoms with Gasteiger partial charge in [-0.15, -0.1) is 0 Å². The quantitative estimate of drug-likeness (QED) is 0.655. The van der Waals surface area contributed by atoms with Crippen LogP contribution in [0.3, 0.4) is 0 Å². The molecular formula is C17H20N2O2. The van der Waals surface area contributed by atoms with Crippen molar-refractivity contribution in [1.29, 1.82) is 0 Å². The van der Waals surface area contributed by atoms with Crippen molar-refractivity contribution in [2.75, 3.05) is 13.7 Å². The zero-order valence-corrected chi connectivity index (χ0v) is 12.4. The van der Waals surface area contributed by atoms with E-state index in [0.29, 0.717) is 13.2 Å². The second-order valence-corrected chi connectivity index (χ2v) is 4.67. The third-order valence-electron chi connectivity index (χ3n) is 3.19. The van der Waals surface area contributed by atoms with Gasteiger partial charge in [-0.25, -0.2) is 0 Å². The first-order valence-corrected chi connectivity index (χ1v) is 6.82. The van der Waals surface area contributed by atoms with E-state index in [2.05, 4.69) is 5.16 Å². The van der Waals surface area contributed by atoms with Crippen molar-refractivity contribution in [1.82, 2.24) is 0 Å². The molecule has 0 heterocycles. The van der Waals surface area contributed by atoms with E-state index in [1.54, 1.807) is 0 Å². The number of ether oxygens (including phenoxy) is 1. The van der Waals surface area contributed by atoms with Crippen molar-refractivity contribution in [3.8, 4) is 5.75 Å². The van der Waals surface area contributed by atoms with Crippen LogP contribution in [0.2, 0.25) is 0 Å². The first-order valence-electron chi connectivity index (χ1n) is 6.82. The molecule has 0 aliphatic rings. The predicted octanol–water partition coefficient (Wildman–Crippen LogP) is 2.88. The van der Waals surface area contributed by atoms with Crippen molar-refractivity contribution in [2.24, 2.45) is 10.9 Å². The summed E-state index contributed by atoms with van der Waals surface area (Å²) >= 11 is 0. The summed E-state index contributed by atoms with van der Waals surface area (Å²) in [6.45, 7) is 2.91. The molecule has 0 bridgehead atoms. The first kappa shape index (κ1) is 15.1. The van der Waals surface area contributed by atoms with E-state index in [0.717, 1.165) is 28.2 Å². The largest absolute Gasteiger partial charge is 0.487 e. The average molecular weight is 284 g/mol. The van der Waals surface area contributed by atoms with Gasteiger partial charge in [0.1, 0.15) is 25.2 Å². The molecule has 0 saturated heterocycles. The molecule has 0 aromatic heterocycles. The highest BCUT2D eigenvalue weighted by Crippen LogP contribution is 2.14. The Bertz CT molecular complexity index is 606. The number of hydrogen-bond donors (Lipinski definition) is 1. The maximum atomic E-state index is 5.78. The van der Waals surface area contributed by atoms with Gasteiger partial charge in [-0.3, -0.25) is 0 Å². The Morgan fingerprint density at radius 2 is 1.81 bits per heavy atom. The fraction of sp³-hybridized carbons (Fsp3) is 0.235. The summed E-state index contributed by atoms with van der Waals surface area (Å²) in [5.74, 6) is 0.782. The van der Waals surface area contributed by atoms with Crippen molar-refractivity contribution in [3.63, 3.8) is 0 Å². The molecule has 0 amide bonds. The molecule has 2 aromatic rings. The smallest absolute Gasteiger partial charge is 0.134 e. The Morgan fingerprint density at radius 3 is 2.43 bits per heavy atom. The molecule has 0 radical (unpaired) electrons. The lowest BCUT2D eigenvalue weighted by Crippen LogP contribution is -2.14. The van der Waals surface area contributed by atoms with Crippen molar-refractivity contribution < 1.29 is 9.57 Å². The minimum atomic E-state index is 0.348. The minimum Gasteiger partial charge on any atom is -0.487 e. The van der Waals surface area contributed by atoms with Gasteiger partial charge in [0.15, 0.2) is 0 Å². The number of benzene rings is 2. The van der Waals surface area contributed by atoms with E-state index >= 15 is 0 Å². The Hall–Kier alpha value is -2.33. The van der Waals surface area contributed by atoms with E-state index in [1.807, 2.05) is 55.5 Å². The SMILES string of the molecule is CO/N=C(\COc1ccc(CN)cc1)c1ccccc1C. The average Bonchev–Trinajstić information content (AvgIpc) is 2.53. The zero-order valence-electron chi connectivity index (χ0n) is 12.4. The van der Waals surface area contributed by atoms with Crippen LogP contribution in [-0.4, -0.2) is 19.4 Å². The van der Waals surface area contributed by atoms with E-state index in [-0.39, 0.29) is 0 Å². The summed E-state index contributed by atoms with van der Waals surface area (Å²) in [5.41, 5.74) is 9.58. The van der Waals surface area contributed by atoms with E-state index in [9.17, 15) is 0 Å². The third kappa shape index (κ3) is 4.07. The van der Waals surface area contributed by atoms with Gasteiger partial charge in [0.2, 0.25) is 0 Å². The lowest BCUT2D eigenvalue weighted by Gasteiger charge is -2.11. The fourth-order valence-electron chi connectivity index (χ4n) is 2.03. The molecule has 110 valence electrons. The monoisotopic (exact) mass is 284 g/mol. The number of oxime groups is 1. The second kappa shape index (κ2) is 7.45. The molecule has 4 heteroatoms. The number of hydrogen-bond acceptors (Lipinski definition) is 4. The summed E-state index contributed by atoms with van der Waals surface area (Å²) in [6.07, 6.45) is 0. The predicted molar refractivity (Wildman–Crippen MR) is 84.6 cm³/mol. The Labute approximate surface area is 125 Å². The van der Waals surface area contributed by atoms with Gasteiger partial charge >= 0.3 is 0 Å². The van der Waals surface area contributed by atoms with Crippen molar-refractivity contribution in [2.45, 2.75) is 13.5 Å². The topological polar surface area (TPSA) is 56.8 Å². The van der Waals surface area contributed by atoms with Crippen LogP contribution < -0.4 is 10.5 Å². The summed E-state index contributed by atoms with van der Waals surface area (Å²) < 4.78 is 5.78. The molecule has 2 aromatic carbocycles. The van der Waals surface area contributed by atoms with Gasteiger partial charge in [0, 0.05) is 12.1 Å². The third-order valence-corrected chi connectivity index (χ3v) is 3.19. The minimum absolute atomic E-state index is 0.348. The molecule has 4 nitrogen and oxygen atoms in total. The molecule has 0 saturated carbocycles. The number of rotatable bonds is 6. The van der Waals surface area contributed by atoms with Crippen LogP contribution in [0, 0.1) is 6.92 Å². The van der Waals surface area contributed by atoms with Crippen LogP contribution in [0.1, 0.15) is 16.7 Å². The molecule has 0 aliphatic heterocycles. The highest BCUT2D eigenvalue weighted by molar-refractivity contribution is 6.02. The van der Waals surface area contributed by atoms with Gasteiger partial charge < -0.3 is 15.3 Å². The van der Waals surface area contributed by atoms with Crippen LogP contribution in [0.4, 0.5) is 0 Å². The van der Waals surface area contributed by atoms with E-state index in [4.69, 9.17) is 15.3 Å². The van der Waals surface area contributed by atoms with Gasteiger partial charge in [-0.05, 0) is 30.2 Å². The van der Waals surface area contributed by atoms with Crippen molar-refractivity contribution >= 4 is 5.71 Å². The molecule has 0 unspecified atom stereocenters. The second-order valence-electron chi connectivity index (χ2n) is 4.67. The number of aryl methyl sites for hydroxylation is 1. The van der Waals surface area contributed by atoms with Gasteiger partial charge in [0.05, 0.1) is 0 Å². The summed E-state index contributed by atoms with van der Waals surface area (Å²) in [6, 6.07) is 15.7. The van der Waals surface area contributed by atoms with Gasteiger partial charge in [-0.2, -0.15) is 0 Å². The van der Waals surface area contributed by atoms with Crippen LogP contribution in [0.25, 0.3) is 0 Å². The van der Waals surface area contributed by atoms with Crippen molar-refractivity contribution in [3.05, 3.63) is 65.2 Å². The fourth-order valence-corrected chi connectivity index (χ4v) is 2.03. The van der Waals surface area contributed by atoms with Crippen LogP contribution in [0.5, 0.6) is 5.75 Å². The molecule has 0 fully saturated rings. The summed E-state index contributed by atoms with van der Waals surface area (Å²) in [5, 5.41) is 4.08. The molecular weight excluding hydrogens is 264 g/mol. The maximum Gasteiger partial charge on any atom is 0.134 e. The standard InChI is InChI=1S/C17H20N2O2/c1-13-5-3-4-6-16(13)17(19-20-2)12-21-15-9-7-14(11-18)8-10-15/h3-10H,11-12,18H2,1-2H3/b19-17+. The summed E-state index contributed by atoms with van der Waals surface area (Å²) in [4.78, 5) is 4.93. The molecule has 0 aliphatic carbocycles. The maximum absolute atomic E-state index is 5.78. The van der Waals surface area contributed by atoms with Gasteiger partial charge in [0.25, 0.3) is 0 Å². The zero-order chi connectivity index (χ0) is 15.1. The van der Waals surface area contributed by atoms with Gasteiger partial charge in [-0.1, -0.05) is 41.6 Å². The van der Waals surface area contributed by atoms with E-state index < -0.39 is 0 Å². The molecule has 21 heavy (non-hydrogen) atoms. The summed E-state index contributed by atoms with van der Waals surface area (Å²) in [7, 11) is 1.54. The number of nitrogens with zero attached hydrogens (tertiary/aromatic N) is 1. The molecule has 0 spiro atoms. The molecule has 2 N–H and O–H groups in total. The van der Waals surface area contributed by atoms with Crippen LogP contribution in [0.15, 0.2) is 53.7 Å². The van der Waals surface area contributed by atoms with Crippen LogP contribution in [-0.2, 0) is 11.4 Å². The van der Waals surface area contributed by atoms with Crippen LogP contribution >= 0.6 is 0 Å². The Kier molecular flexibility index (Phi) is 5.35. The Morgan fingerprint density at radius 1 is 1.10 bits per heavy atom.